The van der Waals surface area contributed by atoms with Crippen molar-refractivity contribution < 1.29 is 0 Å². The summed E-state index contributed by atoms with van der Waals surface area (Å²) in [5, 5.41) is 2.47. The van der Waals surface area contributed by atoms with Crippen molar-refractivity contribution in [3.05, 3.63) is 42.7 Å². The van der Waals surface area contributed by atoms with Gasteiger partial charge in [-0.2, -0.15) is 0 Å². The molecule has 1 atom stereocenters. The lowest BCUT2D eigenvalue weighted by atomic mass is 10.3. The van der Waals surface area contributed by atoms with Crippen LogP contribution in [0.2, 0.25) is 9.36 Å². The molecule has 1 unspecified atom stereocenters. The highest BCUT2D eigenvalue weighted by Crippen LogP contribution is 2.40. The molecule has 2 rings (SSSR count). The van der Waals surface area contributed by atoms with Crippen molar-refractivity contribution in [2.45, 2.75) is 5.38 Å². The van der Waals surface area contributed by atoms with Crippen LogP contribution in [-0.4, -0.2) is 0 Å². The average Bonchev–Trinajstić information content (AvgIpc) is 2.73. The largest absolute Gasteiger partial charge is 0.145 e. The van der Waals surface area contributed by atoms with Crippen LogP contribution in [0, 0.1) is 0 Å². The third kappa shape index (κ3) is 2.10. The first-order valence-corrected chi connectivity index (χ1v) is 6.69. The second-order valence-corrected chi connectivity index (χ2v) is 6.18. The van der Waals surface area contributed by atoms with E-state index in [4.69, 9.17) is 34.8 Å². The van der Waals surface area contributed by atoms with Gasteiger partial charge in [0.25, 0.3) is 0 Å². The molecule has 74 valence electrons. The highest BCUT2D eigenvalue weighted by Gasteiger charge is 2.17. The zero-order valence-corrected chi connectivity index (χ0v) is 10.7. The molecule has 0 fully saturated rings. The number of halogens is 3. The lowest BCUT2D eigenvalue weighted by molar-refractivity contribution is 1.24. The monoisotopic (exact) mass is 282 g/mol. The Morgan fingerprint density at radius 3 is 2.43 bits per heavy atom. The molecule has 14 heavy (non-hydrogen) atoms. The summed E-state index contributed by atoms with van der Waals surface area (Å²) < 4.78 is 0.748. The molecule has 2 aromatic rings. The van der Waals surface area contributed by atoms with Gasteiger partial charge >= 0.3 is 0 Å². The Morgan fingerprint density at radius 1 is 1.14 bits per heavy atom. The van der Waals surface area contributed by atoms with Crippen LogP contribution in [0.25, 0.3) is 0 Å². The first kappa shape index (κ1) is 10.8. The van der Waals surface area contributed by atoms with E-state index >= 15 is 0 Å². The summed E-state index contributed by atoms with van der Waals surface area (Å²) in [5.74, 6) is 0. The van der Waals surface area contributed by atoms with E-state index in [1.54, 1.807) is 11.3 Å². The van der Waals surface area contributed by atoms with Gasteiger partial charge in [0.2, 0.25) is 0 Å². The van der Waals surface area contributed by atoms with Crippen LogP contribution >= 0.6 is 57.5 Å². The van der Waals surface area contributed by atoms with Gasteiger partial charge in [0.15, 0.2) is 0 Å². The van der Waals surface area contributed by atoms with Crippen molar-refractivity contribution >= 4 is 57.5 Å². The van der Waals surface area contributed by atoms with E-state index in [2.05, 4.69) is 0 Å². The maximum atomic E-state index is 6.27. The van der Waals surface area contributed by atoms with Gasteiger partial charge in [-0.05, 0) is 23.6 Å². The fraction of sp³-hybridized carbons (Fsp3) is 0.111. The van der Waals surface area contributed by atoms with Crippen molar-refractivity contribution in [3.63, 3.8) is 0 Å². The minimum atomic E-state index is -0.181. The average molecular weight is 284 g/mol. The number of thiophene rings is 2. The molecule has 0 bridgehead atoms. The van der Waals surface area contributed by atoms with E-state index in [1.165, 1.54) is 11.3 Å². The van der Waals surface area contributed by atoms with Crippen molar-refractivity contribution in [3.8, 4) is 0 Å². The van der Waals surface area contributed by atoms with E-state index < -0.39 is 0 Å². The highest BCUT2D eigenvalue weighted by atomic mass is 35.5. The van der Waals surface area contributed by atoms with E-state index in [-0.39, 0.29) is 5.38 Å². The van der Waals surface area contributed by atoms with Crippen LogP contribution in [-0.2, 0) is 0 Å². The highest BCUT2D eigenvalue weighted by molar-refractivity contribution is 7.17. The molecule has 2 heterocycles. The van der Waals surface area contributed by atoms with Crippen LogP contribution in [0.1, 0.15) is 15.1 Å². The summed E-state index contributed by atoms with van der Waals surface area (Å²) in [4.78, 5) is 2.01. The second-order valence-electron chi connectivity index (χ2n) is 2.64. The fourth-order valence-electron chi connectivity index (χ4n) is 1.08. The van der Waals surface area contributed by atoms with Crippen LogP contribution in [0.15, 0.2) is 23.6 Å². The normalized spacial score (nSPS) is 13.1. The van der Waals surface area contributed by atoms with Gasteiger partial charge in [0, 0.05) is 9.75 Å². The van der Waals surface area contributed by atoms with Gasteiger partial charge in [0.1, 0.15) is 5.38 Å². The Hall–Kier alpha value is 0.270. The van der Waals surface area contributed by atoms with Gasteiger partial charge < -0.3 is 0 Å². The lowest BCUT2D eigenvalue weighted by Gasteiger charge is -2.04. The summed E-state index contributed by atoms with van der Waals surface area (Å²) >= 11 is 21.1. The van der Waals surface area contributed by atoms with Crippen LogP contribution in [0.3, 0.4) is 0 Å². The first-order valence-electron chi connectivity index (χ1n) is 3.80. The Balaban J connectivity index is 2.33. The second kappa shape index (κ2) is 4.42. The fourth-order valence-corrected chi connectivity index (χ4v) is 3.90. The van der Waals surface area contributed by atoms with Gasteiger partial charge in [0.05, 0.1) is 9.36 Å². The van der Waals surface area contributed by atoms with Crippen molar-refractivity contribution in [2.24, 2.45) is 0 Å². The van der Waals surface area contributed by atoms with Gasteiger partial charge in [-0.3, -0.25) is 0 Å². The van der Waals surface area contributed by atoms with Crippen LogP contribution < -0.4 is 0 Å². The van der Waals surface area contributed by atoms with E-state index in [0.29, 0.717) is 0 Å². The summed E-state index contributed by atoms with van der Waals surface area (Å²) in [5.41, 5.74) is 0. The molecule has 0 aliphatic carbocycles. The first-order chi connectivity index (χ1) is 6.68. The summed E-state index contributed by atoms with van der Waals surface area (Å²) in [6.07, 6.45) is 0. The molecule has 0 saturated carbocycles. The molecule has 0 N–H and O–H groups in total. The van der Waals surface area contributed by atoms with Crippen LogP contribution in [0.5, 0.6) is 0 Å². The molecule has 0 spiro atoms. The number of hydrogen-bond acceptors (Lipinski definition) is 2. The van der Waals surface area contributed by atoms with Crippen molar-refractivity contribution in [1.29, 1.82) is 0 Å². The van der Waals surface area contributed by atoms with Crippen LogP contribution in [0.4, 0.5) is 0 Å². The van der Waals surface area contributed by atoms with Gasteiger partial charge in [-0.25, -0.2) is 0 Å². The van der Waals surface area contributed by atoms with E-state index in [1.807, 2.05) is 23.6 Å². The lowest BCUT2D eigenvalue weighted by Crippen LogP contribution is -1.85. The van der Waals surface area contributed by atoms with Crippen molar-refractivity contribution in [2.75, 3.05) is 0 Å². The summed E-state index contributed by atoms with van der Waals surface area (Å²) in [7, 11) is 0. The molecular formula is C9H5Cl3S2. The van der Waals surface area contributed by atoms with Gasteiger partial charge in [-0.1, -0.05) is 23.2 Å². The molecule has 0 amide bonds. The predicted molar refractivity (Wildman–Crippen MR) is 66.4 cm³/mol. The smallest absolute Gasteiger partial charge is 0.103 e. The molecule has 0 radical (unpaired) electrons. The molecule has 2 aromatic heterocycles. The quantitative estimate of drug-likeness (QED) is 0.643. The molecule has 0 aromatic carbocycles. The molecule has 5 heteroatoms. The van der Waals surface area contributed by atoms with Gasteiger partial charge in [-0.15, -0.1) is 34.3 Å². The summed E-state index contributed by atoms with van der Waals surface area (Å²) in [6.45, 7) is 0. The summed E-state index contributed by atoms with van der Waals surface area (Å²) in [6, 6.07) is 5.63. The molecule has 0 aliphatic heterocycles. The molecular weight excluding hydrogens is 279 g/mol. The maximum Gasteiger partial charge on any atom is 0.103 e. The van der Waals surface area contributed by atoms with Crippen molar-refractivity contribution in [1.82, 2.24) is 0 Å². The zero-order chi connectivity index (χ0) is 10.1. The standard InChI is InChI=1S/C9H5Cl3S2/c10-5-3-4-13-9(5)8(12)6-1-2-7(11)14-6/h1-4,8H. The third-order valence-corrected chi connectivity index (χ3v) is 5.15. The topological polar surface area (TPSA) is 0 Å². The minimum absolute atomic E-state index is 0.181. The Morgan fingerprint density at radius 2 is 1.93 bits per heavy atom. The Kier molecular flexibility index (Phi) is 3.40. The Bertz CT molecular complexity index is 433. The third-order valence-electron chi connectivity index (χ3n) is 1.72. The minimum Gasteiger partial charge on any atom is -0.145 e. The SMILES string of the molecule is Clc1ccc(C(Cl)c2sccc2Cl)s1. The number of rotatable bonds is 2. The Labute approximate surface area is 105 Å². The molecule has 0 nitrogen and oxygen atoms in total. The van der Waals surface area contributed by atoms with E-state index in [9.17, 15) is 0 Å². The predicted octanol–water partition coefficient (Wildman–Crippen LogP) is 5.44. The van der Waals surface area contributed by atoms with E-state index in [0.717, 1.165) is 19.1 Å². The maximum absolute atomic E-state index is 6.27. The molecule has 0 saturated heterocycles. The molecule has 0 aliphatic rings. The number of alkyl halides is 1. The number of hydrogen-bond donors (Lipinski definition) is 0. The zero-order valence-electron chi connectivity index (χ0n) is 6.84.